The van der Waals surface area contributed by atoms with Crippen LogP contribution in [-0.4, -0.2) is 39.4 Å². The minimum atomic E-state index is -0.152. The molecule has 0 atom stereocenters. The van der Waals surface area contributed by atoms with E-state index >= 15 is 0 Å². The molecule has 6 nitrogen and oxygen atoms in total. The lowest BCUT2D eigenvalue weighted by atomic mass is 10.0. The minimum absolute atomic E-state index is 0.108. The summed E-state index contributed by atoms with van der Waals surface area (Å²) in [5.74, 6) is 0.476. The lowest BCUT2D eigenvalue weighted by Gasteiger charge is -2.26. The van der Waals surface area contributed by atoms with Crippen LogP contribution in [0.15, 0.2) is 48.7 Å². The summed E-state index contributed by atoms with van der Waals surface area (Å²) in [6.07, 6.45) is 5.23. The number of nitrogens with one attached hydrogen (secondary N) is 1. The zero-order chi connectivity index (χ0) is 18.8. The first kappa shape index (κ1) is 17.3. The van der Waals surface area contributed by atoms with Crippen molar-refractivity contribution >= 4 is 23.1 Å². The second-order valence-corrected chi connectivity index (χ2v) is 6.89. The summed E-state index contributed by atoms with van der Waals surface area (Å²) in [5.41, 5.74) is 3.63. The first-order valence-corrected chi connectivity index (χ1v) is 9.27. The van der Waals surface area contributed by atoms with E-state index in [0.29, 0.717) is 5.82 Å². The van der Waals surface area contributed by atoms with Gasteiger partial charge in [-0.3, -0.25) is 9.59 Å². The van der Waals surface area contributed by atoms with Gasteiger partial charge in [-0.25, -0.2) is 4.52 Å². The van der Waals surface area contributed by atoms with Gasteiger partial charge >= 0.3 is 0 Å². The van der Waals surface area contributed by atoms with E-state index in [0.717, 1.165) is 48.1 Å². The molecular weight excluding hydrogens is 340 g/mol. The zero-order valence-electron chi connectivity index (χ0n) is 15.3. The fourth-order valence-electron chi connectivity index (χ4n) is 3.57. The summed E-state index contributed by atoms with van der Waals surface area (Å²) in [4.78, 5) is 25.9. The maximum Gasteiger partial charge on any atom is 0.253 e. The topological polar surface area (TPSA) is 66.7 Å². The maximum absolute atomic E-state index is 12.6. The molecule has 138 valence electrons. The average Bonchev–Trinajstić information content (AvgIpc) is 3.10. The quantitative estimate of drug-likeness (QED) is 0.774. The predicted octanol–water partition coefficient (Wildman–Crippen LogP) is 3.59. The van der Waals surface area contributed by atoms with Gasteiger partial charge in [0.05, 0.1) is 5.52 Å². The number of aromatic nitrogens is 2. The van der Waals surface area contributed by atoms with E-state index < -0.39 is 0 Å². The summed E-state index contributed by atoms with van der Waals surface area (Å²) in [6, 6.07) is 13.5. The van der Waals surface area contributed by atoms with Crippen LogP contribution in [0.1, 0.15) is 36.5 Å². The molecule has 1 aromatic carbocycles. The molecule has 3 heterocycles. The Morgan fingerprint density at radius 2 is 1.78 bits per heavy atom. The number of piperidine rings is 1. The number of hydrogen-bond acceptors (Lipinski definition) is 3. The second-order valence-electron chi connectivity index (χ2n) is 6.89. The van der Waals surface area contributed by atoms with Crippen molar-refractivity contribution in [1.29, 1.82) is 0 Å². The van der Waals surface area contributed by atoms with Crippen molar-refractivity contribution in [3.63, 3.8) is 0 Å². The van der Waals surface area contributed by atoms with Crippen LogP contribution in [-0.2, 0) is 4.79 Å². The normalized spacial score (nSPS) is 14.3. The van der Waals surface area contributed by atoms with Gasteiger partial charge in [0, 0.05) is 43.4 Å². The molecule has 2 aromatic heterocycles. The molecule has 1 aliphatic rings. The van der Waals surface area contributed by atoms with Gasteiger partial charge in [-0.05, 0) is 43.0 Å². The summed E-state index contributed by atoms with van der Waals surface area (Å²) in [7, 11) is 0. The van der Waals surface area contributed by atoms with Gasteiger partial charge in [0.1, 0.15) is 0 Å². The summed E-state index contributed by atoms with van der Waals surface area (Å²) >= 11 is 0. The molecule has 1 N–H and O–H groups in total. The summed E-state index contributed by atoms with van der Waals surface area (Å²) < 4.78 is 1.74. The third kappa shape index (κ3) is 3.56. The van der Waals surface area contributed by atoms with E-state index in [4.69, 9.17) is 0 Å². The first-order chi connectivity index (χ1) is 13.1. The van der Waals surface area contributed by atoms with Crippen molar-refractivity contribution in [2.45, 2.75) is 26.2 Å². The van der Waals surface area contributed by atoms with Crippen molar-refractivity contribution in [3.05, 3.63) is 54.2 Å². The van der Waals surface area contributed by atoms with Crippen LogP contribution < -0.4 is 5.32 Å². The molecule has 0 bridgehead atoms. The predicted molar refractivity (Wildman–Crippen MR) is 105 cm³/mol. The standard InChI is InChI=1S/C21H22N4O2/c1-15(26)22-20-14-19-18(6-5-13-25(19)23-20)16-7-9-17(10-8-16)21(27)24-11-3-2-4-12-24/h5-10,13-14H,2-4,11-12H2,1H3,(H,22,23,26). The Kier molecular flexibility index (Phi) is 4.62. The SMILES string of the molecule is CC(=O)Nc1cc2c(-c3ccc(C(=O)N4CCCCC4)cc3)cccn2n1. The van der Waals surface area contributed by atoms with Gasteiger partial charge < -0.3 is 10.2 Å². The van der Waals surface area contributed by atoms with Gasteiger partial charge in [-0.1, -0.05) is 18.2 Å². The highest BCUT2D eigenvalue weighted by molar-refractivity contribution is 5.95. The smallest absolute Gasteiger partial charge is 0.253 e. The highest BCUT2D eigenvalue weighted by Gasteiger charge is 2.18. The number of benzene rings is 1. The number of carbonyl (C=O) groups excluding carboxylic acids is 2. The molecule has 6 heteroatoms. The Balaban J connectivity index is 1.62. The van der Waals surface area contributed by atoms with Gasteiger partial charge in [0.25, 0.3) is 5.91 Å². The van der Waals surface area contributed by atoms with Crippen molar-refractivity contribution < 1.29 is 9.59 Å². The molecule has 0 unspecified atom stereocenters. The Bertz CT molecular complexity index is 985. The average molecular weight is 362 g/mol. The number of anilines is 1. The van der Waals surface area contributed by atoms with E-state index in [1.165, 1.54) is 13.3 Å². The summed E-state index contributed by atoms with van der Waals surface area (Å²) in [6.45, 7) is 3.16. The fraction of sp³-hybridized carbons (Fsp3) is 0.286. The Morgan fingerprint density at radius 1 is 1.04 bits per heavy atom. The molecule has 0 aliphatic carbocycles. The van der Waals surface area contributed by atoms with Gasteiger partial charge in [-0.15, -0.1) is 0 Å². The van der Waals surface area contributed by atoms with Crippen molar-refractivity contribution in [3.8, 4) is 11.1 Å². The van der Waals surface area contributed by atoms with Crippen molar-refractivity contribution in [1.82, 2.24) is 14.5 Å². The van der Waals surface area contributed by atoms with E-state index in [9.17, 15) is 9.59 Å². The molecule has 0 saturated carbocycles. The lowest BCUT2D eigenvalue weighted by molar-refractivity contribution is -0.114. The number of nitrogens with zero attached hydrogens (tertiary/aromatic N) is 3. The molecule has 2 amide bonds. The molecule has 1 saturated heterocycles. The minimum Gasteiger partial charge on any atom is -0.339 e. The third-order valence-electron chi connectivity index (χ3n) is 4.89. The molecular formula is C21H22N4O2. The van der Waals surface area contributed by atoms with Gasteiger partial charge in [0.15, 0.2) is 5.82 Å². The molecule has 4 rings (SSSR count). The monoisotopic (exact) mass is 362 g/mol. The van der Waals surface area contributed by atoms with Gasteiger partial charge in [-0.2, -0.15) is 5.10 Å². The number of rotatable bonds is 3. The number of carbonyl (C=O) groups is 2. The molecule has 27 heavy (non-hydrogen) atoms. The second kappa shape index (κ2) is 7.23. The summed E-state index contributed by atoms with van der Waals surface area (Å²) in [5, 5.41) is 7.08. The van der Waals surface area contributed by atoms with Crippen LogP contribution in [0, 0.1) is 0 Å². The van der Waals surface area contributed by atoms with Crippen LogP contribution in [0.2, 0.25) is 0 Å². The molecule has 0 spiro atoms. The van der Waals surface area contributed by atoms with Crippen molar-refractivity contribution in [2.75, 3.05) is 18.4 Å². The van der Waals surface area contributed by atoms with E-state index in [-0.39, 0.29) is 11.8 Å². The van der Waals surface area contributed by atoms with Crippen LogP contribution in [0.5, 0.6) is 0 Å². The number of pyridine rings is 1. The van der Waals surface area contributed by atoms with E-state index in [2.05, 4.69) is 10.4 Å². The Labute approximate surface area is 157 Å². The fourth-order valence-corrected chi connectivity index (χ4v) is 3.57. The first-order valence-electron chi connectivity index (χ1n) is 9.27. The van der Waals surface area contributed by atoms with Gasteiger partial charge in [0.2, 0.25) is 5.91 Å². The molecule has 3 aromatic rings. The molecule has 0 radical (unpaired) electrons. The highest BCUT2D eigenvalue weighted by Crippen LogP contribution is 2.27. The van der Waals surface area contributed by atoms with Crippen LogP contribution in [0.25, 0.3) is 16.6 Å². The van der Waals surface area contributed by atoms with E-state index in [1.807, 2.05) is 53.6 Å². The molecule has 1 aliphatic heterocycles. The highest BCUT2D eigenvalue weighted by atomic mass is 16.2. The Morgan fingerprint density at radius 3 is 2.48 bits per heavy atom. The van der Waals surface area contributed by atoms with Crippen LogP contribution >= 0.6 is 0 Å². The van der Waals surface area contributed by atoms with Crippen LogP contribution in [0.3, 0.4) is 0 Å². The Hall–Kier alpha value is -3.15. The zero-order valence-corrected chi connectivity index (χ0v) is 15.3. The van der Waals surface area contributed by atoms with Crippen molar-refractivity contribution in [2.24, 2.45) is 0 Å². The maximum atomic E-state index is 12.6. The largest absolute Gasteiger partial charge is 0.339 e. The van der Waals surface area contributed by atoms with Crippen LogP contribution in [0.4, 0.5) is 5.82 Å². The lowest BCUT2D eigenvalue weighted by Crippen LogP contribution is -2.35. The number of amides is 2. The third-order valence-corrected chi connectivity index (χ3v) is 4.89. The number of fused-ring (bicyclic) bond motifs is 1. The number of hydrogen-bond donors (Lipinski definition) is 1. The number of likely N-dealkylation sites (tertiary alicyclic amines) is 1. The molecule has 1 fully saturated rings. The van der Waals surface area contributed by atoms with E-state index in [1.54, 1.807) is 4.52 Å².